The number of carboxylic acids is 1. The van der Waals surface area contributed by atoms with Crippen LogP contribution in [-0.4, -0.2) is 49.2 Å². The Bertz CT molecular complexity index is 533. The van der Waals surface area contributed by atoms with Gasteiger partial charge in [-0.25, -0.2) is 9.18 Å². The molecule has 3 N–H and O–H groups in total. The van der Waals surface area contributed by atoms with E-state index in [1.54, 1.807) is 0 Å². The molecule has 110 valence electrons. The Balaban J connectivity index is 2.34. The van der Waals surface area contributed by atoms with Crippen molar-refractivity contribution >= 4 is 17.3 Å². The molecule has 1 aromatic carbocycles. The minimum atomic E-state index is -1.14. The van der Waals surface area contributed by atoms with Crippen molar-refractivity contribution in [1.29, 1.82) is 0 Å². The second kappa shape index (κ2) is 5.28. The number of halogens is 1. The lowest BCUT2D eigenvalue weighted by molar-refractivity contribution is 0.0698. The molecule has 2 unspecified atom stereocenters. The molecule has 1 saturated heterocycles. The van der Waals surface area contributed by atoms with Gasteiger partial charge in [-0.2, -0.15) is 0 Å². The van der Waals surface area contributed by atoms with E-state index in [0.29, 0.717) is 30.7 Å². The third-order valence-corrected chi connectivity index (χ3v) is 3.93. The van der Waals surface area contributed by atoms with Gasteiger partial charge in [-0.1, -0.05) is 6.92 Å². The lowest BCUT2D eigenvalue weighted by Crippen LogP contribution is -2.34. The largest absolute Gasteiger partial charge is 0.478 e. The summed E-state index contributed by atoms with van der Waals surface area (Å²) < 4.78 is 14.1. The van der Waals surface area contributed by atoms with Gasteiger partial charge in [0, 0.05) is 24.8 Å². The minimum Gasteiger partial charge on any atom is -0.478 e. The predicted octanol–water partition coefficient (Wildman–Crippen LogP) is 1.49. The van der Waals surface area contributed by atoms with Crippen LogP contribution in [-0.2, 0) is 0 Å². The van der Waals surface area contributed by atoms with E-state index >= 15 is 0 Å². The highest BCUT2D eigenvalue weighted by Gasteiger charge is 2.32. The molecule has 6 heteroatoms. The Hall–Kier alpha value is -1.82. The van der Waals surface area contributed by atoms with Crippen LogP contribution in [0.2, 0.25) is 0 Å². The number of nitrogen functional groups attached to an aromatic ring is 1. The van der Waals surface area contributed by atoms with Crippen molar-refractivity contribution < 1.29 is 14.3 Å². The van der Waals surface area contributed by atoms with Gasteiger partial charge in [0.05, 0.1) is 11.3 Å². The molecule has 1 aliphatic heterocycles. The first kappa shape index (κ1) is 14.6. The number of hydrogen-bond acceptors (Lipinski definition) is 4. The van der Waals surface area contributed by atoms with Crippen LogP contribution in [0.15, 0.2) is 12.1 Å². The Labute approximate surface area is 117 Å². The van der Waals surface area contributed by atoms with Crippen LogP contribution in [0.5, 0.6) is 0 Å². The molecule has 0 spiro atoms. The zero-order valence-corrected chi connectivity index (χ0v) is 11.9. The van der Waals surface area contributed by atoms with Crippen molar-refractivity contribution in [3.63, 3.8) is 0 Å². The fourth-order valence-corrected chi connectivity index (χ4v) is 2.82. The first-order valence-corrected chi connectivity index (χ1v) is 6.55. The fraction of sp³-hybridized carbons (Fsp3) is 0.500. The summed E-state index contributed by atoms with van der Waals surface area (Å²) in [5, 5.41) is 9.09. The maximum Gasteiger partial charge on any atom is 0.337 e. The minimum absolute atomic E-state index is 0.0462. The van der Waals surface area contributed by atoms with Gasteiger partial charge in [-0.3, -0.25) is 0 Å². The van der Waals surface area contributed by atoms with E-state index in [4.69, 9.17) is 10.8 Å². The highest BCUT2D eigenvalue weighted by molar-refractivity contribution is 5.95. The van der Waals surface area contributed by atoms with Crippen LogP contribution in [0.3, 0.4) is 0 Å². The summed E-state index contributed by atoms with van der Waals surface area (Å²) in [5.74, 6) is -1.23. The monoisotopic (exact) mass is 281 g/mol. The van der Waals surface area contributed by atoms with Gasteiger partial charge in [0.1, 0.15) is 5.82 Å². The highest BCUT2D eigenvalue weighted by atomic mass is 19.1. The smallest absolute Gasteiger partial charge is 0.337 e. The average Bonchev–Trinajstić information content (AvgIpc) is 2.70. The van der Waals surface area contributed by atoms with E-state index in [1.165, 1.54) is 6.07 Å². The summed E-state index contributed by atoms with van der Waals surface area (Å²) in [6.45, 7) is 3.48. The summed E-state index contributed by atoms with van der Waals surface area (Å²) in [6, 6.07) is 2.74. The van der Waals surface area contributed by atoms with Crippen molar-refractivity contribution in [1.82, 2.24) is 4.90 Å². The second-order valence-corrected chi connectivity index (χ2v) is 5.61. The molecule has 1 aliphatic rings. The second-order valence-electron chi connectivity index (χ2n) is 5.61. The normalized spacial score (nSPS) is 22.6. The summed E-state index contributed by atoms with van der Waals surface area (Å²) in [5.41, 5.74) is 5.76. The van der Waals surface area contributed by atoms with E-state index in [1.807, 2.05) is 19.0 Å². The van der Waals surface area contributed by atoms with Crippen LogP contribution in [0.1, 0.15) is 17.3 Å². The van der Waals surface area contributed by atoms with Crippen LogP contribution in [0.25, 0.3) is 0 Å². The third-order valence-electron chi connectivity index (χ3n) is 3.93. The number of benzene rings is 1. The Morgan fingerprint density at radius 3 is 2.60 bits per heavy atom. The Morgan fingerprint density at radius 2 is 2.10 bits per heavy atom. The maximum atomic E-state index is 14.1. The number of nitrogens with zero attached hydrogens (tertiary/aromatic N) is 2. The van der Waals surface area contributed by atoms with Crippen molar-refractivity contribution in [3.8, 4) is 0 Å². The van der Waals surface area contributed by atoms with Gasteiger partial charge in [0.15, 0.2) is 0 Å². The van der Waals surface area contributed by atoms with Gasteiger partial charge >= 0.3 is 5.97 Å². The van der Waals surface area contributed by atoms with E-state index in [-0.39, 0.29) is 11.3 Å². The number of rotatable bonds is 3. The SMILES string of the molecule is CC1CN(c2cc(C(=O)O)c(N)cc2F)CC1N(C)C. The summed E-state index contributed by atoms with van der Waals surface area (Å²) in [6.07, 6.45) is 0. The maximum absolute atomic E-state index is 14.1. The molecular formula is C14H20FN3O2. The molecule has 0 amide bonds. The number of likely N-dealkylation sites (N-methyl/N-ethyl adjacent to an activating group) is 1. The lowest BCUT2D eigenvalue weighted by Gasteiger charge is -2.23. The van der Waals surface area contributed by atoms with Gasteiger partial charge < -0.3 is 20.6 Å². The van der Waals surface area contributed by atoms with E-state index < -0.39 is 11.8 Å². The Kier molecular flexibility index (Phi) is 3.85. The molecule has 0 aromatic heterocycles. The molecule has 0 bridgehead atoms. The van der Waals surface area contributed by atoms with Gasteiger partial charge in [0.25, 0.3) is 0 Å². The van der Waals surface area contributed by atoms with Crippen LogP contribution in [0.4, 0.5) is 15.8 Å². The summed E-state index contributed by atoms with van der Waals surface area (Å²) in [4.78, 5) is 15.1. The Morgan fingerprint density at radius 1 is 1.45 bits per heavy atom. The number of anilines is 2. The molecular weight excluding hydrogens is 261 g/mol. The zero-order chi connectivity index (χ0) is 15.0. The fourth-order valence-electron chi connectivity index (χ4n) is 2.82. The van der Waals surface area contributed by atoms with Crippen molar-refractivity contribution in [2.45, 2.75) is 13.0 Å². The molecule has 0 saturated carbocycles. The zero-order valence-electron chi connectivity index (χ0n) is 11.9. The lowest BCUT2D eigenvalue weighted by atomic mass is 10.1. The van der Waals surface area contributed by atoms with E-state index in [2.05, 4.69) is 11.8 Å². The highest BCUT2D eigenvalue weighted by Crippen LogP contribution is 2.31. The molecule has 1 heterocycles. The molecule has 20 heavy (non-hydrogen) atoms. The molecule has 1 fully saturated rings. The standard InChI is InChI=1S/C14H20FN3O2/c1-8-6-18(7-13(8)17(2)3)12-4-9(14(19)20)11(16)5-10(12)15/h4-5,8,13H,6-7,16H2,1-3H3,(H,19,20). The average molecular weight is 281 g/mol. The van der Waals surface area contributed by atoms with Crippen molar-refractivity contribution in [2.24, 2.45) is 5.92 Å². The number of nitrogens with two attached hydrogens (primary N) is 1. The molecule has 0 radical (unpaired) electrons. The topological polar surface area (TPSA) is 69.8 Å². The van der Waals surface area contributed by atoms with Crippen LogP contribution >= 0.6 is 0 Å². The van der Waals surface area contributed by atoms with E-state index in [0.717, 1.165) is 6.07 Å². The molecule has 0 aliphatic carbocycles. The van der Waals surface area contributed by atoms with Crippen molar-refractivity contribution in [3.05, 3.63) is 23.5 Å². The van der Waals surface area contributed by atoms with E-state index in [9.17, 15) is 9.18 Å². The molecule has 2 atom stereocenters. The quantitative estimate of drug-likeness (QED) is 0.822. The molecule has 5 nitrogen and oxygen atoms in total. The van der Waals surface area contributed by atoms with Gasteiger partial charge in [-0.15, -0.1) is 0 Å². The number of hydrogen-bond donors (Lipinski definition) is 2. The van der Waals surface area contributed by atoms with Crippen LogP contribution < -0.4 is 10.6 Å². The van der Waals surface area contributed by atoms with Crippen molar-refractivity contribution in [2.75, 3.05) is 37.8 Å². The van der Waals surface area contributed by atoms with Gasteiger partial charge in [-0.05, 0) is 32.1 Å². The molecule has 2 rings (SSSR count). The first-order valence-electron chi connectivity index (χ1n) is 6.55. The van der Waals surface area contributed by atoms with Crippen LogP contribution in [0, 0.1) is 11.7 Å². The third kappa shape index (κ3) is 2.56. The van der Waals surface area contributed by atoms with Gasteiger partial charge in [0.2, 0.25) is 0 Å². The molecule has 1 aromatic rings. The summed E-state index contributed by atoms with van der Waals surface area (Å²) >= 11 is 0. The number of carbonyl (C=O) groups is 1. The number of carboxylic acid groups (broad SMARTS) is 1. The predicted molar refractivity (Wildman–Crippen MR) is 76.6 cm³/mol. The summed E-state index contributed by atoms with van der Waals surface area (Å²) in [7, 11) is 3.99. The first-order chi connectivity index (χ1) is 9.31. The number of aromatic carboxylic acids is 1.